The number of nitrogens with two attached hydrogens (primary N) is 1. The molecule has 7 heteroatoms. The van der Waals surface area contributed by atoms with Crippen molar-refractivity contribution in [1.29, 1.82) is 0 Å². The number of hydrogen-bond donors (Lipinski definition) is 2. The number of benzene rings is 1. The first-order valence-corrected chi connectivity index (χ1v) is 9.79. The number of hydrogen-bond acceptors (Lipinski definition) is 7. The number of nitrogens with one attached hydrogen (secondary N) is 1. The van der Waals surface area contributed by atoms with Crippen LogP contribution in [0.4, 0.5) is 17.3 Å². The summed E-state index contributed by atoms with van der Waals surface area (Å²) in [7, 11) is 0. The lowest BCUT2D eigenvalue weighted by atomic mass is 10.1. The topological polar surface area (TPSA) is 83.2 Å². The highest BCUT2D eigenvalue weighted by Gasteiger charge is 2.38. The maximum Gasteiger partial charge on any atom is 0.158 e. The molecule has 0 aliphatic carbocycles. The average Bonchev–Trinajstić information content (AvgIpc) is 3.18. The van der Waals surface area contributed by atoms with E-state index < -0.39 is 0 Å². The van der Waals surface area contributed by atoms with Gasteiger partial charge in [-0.15, -0.1) is 0 Å². The lowest BCUT2D eigenvalue weighted by Crippen LogP contribution is -2.43. The molecular weight excluding hydrogens is 362 g/mol. The Morgan fingerprint density at radius 3 is 3.00 bits per heavy atom. The Morgan fingerprint density at radius 2 is 2.17 bits per heavy atom. The summed E-state index contributed by atoms with van der Waals surface area (Å²) in [6.07, 6.45) is 4.31. The highest BCUT2D eigenvalue weighted by Crippen LogP contribution is 2.41. The van der Waals surface area contributed by atoms with E-state index in [1.165, 1.54) is 6.33 Å². The summed E-state index contributed by atoms with van der Waals surface area (Å²) >= 11 is 0. The van der Waals surface area contributed by atoms with Crippen LogP contribution in [0.15, 0.2) is 67.4 Å². The number of fused-ring (bicyclic) bond motifs is 4. The van der Waals surface area contributed by atoms with Crippen LogP contribution in [0.3, 0.4) is 0 Å². The summed E-state index contributed by atoms with van der Waals surface area (Å²) in [5, 5.41) is 3.32. The molecule has 3 aromatic rings. The number of anilines is 3. The first kappa shape index (κ1) is 17.6. The molecule has 0 radical (unpaired) electrons. The van der Waals surface area contributed by atoms with Gasteiger partial charge in [-0.3, -0.25) is 0 Å². The van der Waals surface area contributed by atoms with Gasteiger partial charge in [0.05, 0.1) is 17.4 Å². The summed E-state index contributed by atoms with van der Waals surface area (Å²) in [5.74, 6) is 2.43. The molecule has 5 rings (SSSR count). The maximum atomic E-state index is 5.82. The van der Waals surface area contributed by atoms with E-state index in [4.69, 9.17) is 10.7 Å². The van der Waals surface area contributed by atoms with E-state index in [1.54, 1.807) is 6.20 Å². The Bertz CT molecular complexity index is 1050. The standard InChI is InChI=1S/C22H23N7/c1-15(26-21-7-9-24-14-25-21)29-18-8-10-28(13-18)20-6-5-19(27-22(20)29)17-4-2-3-16(11-17)12-23/h2-7,9,11,14,18H,1,8,10,12-13,23H2,(H,24,25,26)/t18-/m0/s1. The molecule has 0 amide bonds. The molecule has 29 heavy (non-hydrogen) atoms. The Kier molecular flexibility index (Phi) is 4.37. The van der Waals surface area contributed by atoms with E-state index in [0.717, 1.165) is 59.5 Å². The maximum absolute atomic E-state index is 5.82. The minimum Gasteiger partial charge on any atom is -0.366 e. The fourth-order valence-corrected chi connectivity index (χ4v) is 4.15. The van der Waals surface area contributed by atoms with Crippen molar-refractivity contribution in [2.75, 3.05) is 28.2 Å². The van der Waals surface area contributed by atoms with Crippen LogP contribution in [0.5, 0.6) is 0 Å². The quantitative estimate of drug-likeness (QED) is 0.698. The van der Waals surface area contributed by atoms with Gasteiger partial charge in [0.15, 0.2) is 5.82 Å². The summed E-state index contributed by atoms with van der Waals surface area (Å²) in [6.45, 7) is 6.81. The SMILES string of the molecule is C=C(Nc1ccncn1)N1c2nc(-c3cccc(CN)c3)ccc2N2CC[C@H]1C2. The van der Waals surface area contributed by atoms with Crippen molar-refractivity contribution < 1.29 is 0 Å². The van der Waals surface area contributed by atoms with Crippen molar-refractivity contribution >= 4 is 17.3 Å². The molecule has 4 heterocycles. The van der Waals surface area contributed by atoms with E-state index in [0.29, 0.717) is 12.6 Å². The third-order valence-corrected chi connectivity index (χ3v) is 5.56. The molecule has 2 bridgehead atoms. The Labute approximate surface area is 169 Å². The lowest BCUT2D eigenvalue weighted by Gasteiger charge is -2.38. The van der Waals surface area contributed by atoms with Crippen LogP contribution in [-0.4, -0.2) is 34.1 Å². The number of aromatic nitrogens is 3. The zero-order valence-electron chi connectivity index (χ0n) is 16.1. The van der Waals surface area contributed by atoms with Gasteiger partial charge in [-0.2, -0.15) is 0 Å². The number of rotatable bonds is 5. The molecule has 0 unspecified atom stereocenters. The summed E-state index contributed by atoms with van der Waals surface area (Å²) in [6, 6.07) is 14.7. The Hall–Kier alpha value is -3.45. The van der Waals surface area contributed by atoms with Crippen molar-refractivity contribution in [1.82, 2.24) is 15.0 Å². The van der Waals surface area contributed by atoms with E-state index >= 15 is 0 Å². The minimum absolute atomic E-state index is 0.336. The lowest BCUT2D eigenvalue weighted by molar-refractivity contribution is 0.676. The van der Waals surface area contributed by atoms with Crippen LogP contribution in [0.2, 0.25) is 0 Å². The van der Waals surface area contributed by atoms with Gasteiger partial charge < -0.3 is 20.9 Å². The zero-order chi connectivity index (χ0) is 19.8. The van der Waals surface area contributed by atoms with Crippen LogP contribution in [0.1, 0.15) is 12.0 Å². The first-order chi connectivity index (χ1) is 14.2. The van der Waals surface area contributed by atoms with Gasteiger partial charge in [0.25, 0.3) is 0 Å². The van der Waals surface area contributed by atoms with Gasteiger partial charge >= 0.3 is 0 Å². The molecule has 2 aliphatic rings. The van der Waals surface area contributed by atoms with Crippen LogP contribution >= 0.6 is 0 Å². The van der Waals surface area contributed by atoms with Crippen LogP contribution < -0.4 is 20.9 Å². The predicted molar refractivity (Wildman–Crippen MR) is 115 cm³/mol. The van der Waals surface area contributed by atoms with E-state index in [9.17, 15) is 0 Å². The smallest absolute Gasteiger partial charge is 0.158 e. The van der Waals surface area contributed by atoms with E-state index in [2.05, 4.69) is 55.9 Å². The highest BCUT2D eigenvalue weighted by atomic mass is 15.4. The third kappa shape index (κ3) is 3.19. The van der Waals surface area contributed by atoms with E-state index in [1.807, 2.05) is 18.2 Å². The number of pyridine rings is 1. The zero-order valence-corrected chi connectivity index (χ0v) is 16.1. The van der Waals surface area contributed by atoms with Crippen LogP contribution in [-0.2, 0) is 6.54 Å². The highest BCUT2D eigenvalue weighted by molar-refractivity contribution is 5.78. The van der Waals surface area contributed by atoms with Crippen LogP contribution in [0.25, 0.3) is 11.3 Å². The first-order valence-electron chi connectivity index (χ1n) is 9.79. The average molecular weight is 385 g/mol. The monoisotopic (exact) mass is 385 g/mol. The van der Waals surface area contributed by atoms with Gasteiger partial charge in [-0.1, -0.05) is 24.8 Å². The van der Waals surface area contributed by atoms with Gasteiger partial charge in [-0.25, -0.2) is 15.0 Å². The summed E-state index contributed by atoms with van der Waals surface area (Å²) in [4.78, 5) is 17.9. The van der Waals surface area contributed by atoms with Gasteiger partial charge in [0.2, 0.25) is 0 Å². The molecule has 2 aliphatic heterocycles. The number of nitrogens with zero attached hydrogens (tertiary/aromatic N) is 5. The van der Waals surface area contributed by atoms with Crippen molar-refractivity contribution in [3.05, 3.63) is 73.0 Å². The molecule has 1 atom stereocenters. The minimum atomic E-state index is 0.336. The molecule has 1 fully saturated rings. The van der Waals surface area contributed by atoms with Crippen molar-refractivity contribution in [2.24, 2.45) is 5.73 Å². The second-order valence-electron chi connectivity index (χ2n) is 7.37. The Balaban J connectivity index is 1.54. The van der Waals surface area contributed by atoms with Crippen molar-refractivity contribution in [2.45, 2.75) is 19.0 Å². The normalized spacial score (nSPS) is 17.2. The summed E-state index contributed by atoms with van der Waals surface area (Å²) < 4.78 is 0. The second-order valence-corrected chi connectivity index (χ2v) is 7.37. The molecular formula is C22H23N7. The molecule has 0 spiro atoms. The molecule has 3 N–H and O–H groups in total. The van der Waals surface area contributed by atoms with E-state index in [-0.39, 0.29) is 0 Å². The van der Waals surface area contributed by atoms with Gasteiger partial charge in [-0.05, 0) is 36.2 Å². The molecule has 2 aromatic heterocycles. The summed E-state index contributed by atoms with van der Waals surface area (Å²) in [5.41, 5.74) is 10.1. The molecule has 7 nitrogen and oxygen atoms in total. The fraction of sp³-hybridized carbons (Fsp3) is 0.227. The Morgan fingerprint density at radius 1 is 1.24 bits per heavy atom. The molecule has 1 saturated heterocycles. The van der Waals surface area contributed by atoms with Gasteiger partial charge in [0, 0.05) is 31.4 Å². The van der Waals surface area contributed by atoms with Gasteiger partial charge in [0.1, 0.15) is 18.0 Å². The fourth-order valence-electron chi connectivity index (χ4n) is 4.15. The third-order valence-electron chi connectivity index (χ3n) is 5.56. The molecule has 0 saturated carbocycles. The molecule has 1 aromatic carbocycles. The van der Waals surface area contributed by atoms with Crippen molar-refractivity contribution in [3.63, 3.8) is 0 Å². The predicted octanol–water partition coefficient (Wildman–Crippen LogP) is 2.98. The van der Waals surface area contributed by atoms with Crippen LogP contribution in [0, 0.1) is 0 Å². The second kappa shape index (κ2) is 7.18. The largest absolute Gasteiger partial charge is 0.366 e. The van der Waals surface area contributed by atoms with Crippen molar-refractivity contribution in [3.8, 4) is 11.3 Å². The molecule has 146 valence electrons.